The van der Waals surface area contributed by atoms with Crippen LogP contribution in [0.15, 0.2) is 24.4 Å². The standard InChI is InChI=1S/C26H21F3N6O3/c1-3-13-6-15(4-5-16(13)27)31-23(37)21-12(2)20(18-8-14-7-17(14)35(18)21)22(36)24(38)32-25(10-26(28,29)11-25)19-9-30-34-33-19/h1,4-6,9,14,17H,7-8,10-11H2,2H3,(H,31,37)(H,32,38)(H,30,33,34)/t14-,17-/m1/s1. The molecule has 0 unspecified atom stereocenters. The first-order valence-corrected chi connectivity index (χ1v) is 12.0. The molecule has 3 heterocycles. The molecule has 0 radical (unpaired) electrons. The van der Waals surface area contributed by atoms with Crippen molar-refractivity contribution in [2.24, 2.45) is 5.92 Å². The van der Waals surface area contributed by atoms with Crippen molar-refractivity contribution in [3.05, 3.63) is 64.0 Å². The number of carbonyl (C=O) groups is 3. The van der Waals surface area contributed by atoms with Crippen molar-refractivity contribution < 1.29 is 27.6 Å². The SMILES string of the molecule is C#Cc1cc(NC(=O)c2c(C)c(C(=O)C(=O)NC3(c4c[nH]nn4)CC(F)(F)C3)c3n2[C@@H]2C[C@@H]2C3)ccc1F. The smallest absolute Gasteiger partial charge is 0.293 e. The maximum Gasteiger partial charge on any atom is 0.293 e. The number of benzene rings is 1. The first kappa shape index (κ1) is 24.0. The fourth-order valence-electron chi connectivity index (χ4n) is 5.83. The second-order valence-corrected chi connectivity index (χ2v) is 10.2. The molecule has 3 N–H and O–H groups in total. The Morgan fingerprint density at radius 3 is 2.68 bits per heavy atom. The van der Waals surface area contributed by atoms with Gasteiger partial charge in [-0.3, -0.25) is 19.5 Å². The third-order valence-electron chi connectivity index (χ3n) is 7.63. The molecule has 1 aromatic carbocycles. The number of Topliss-reactive ketones (excluding diaryl/α,β-unsaturated/α-hetero) is 1. The molecule has 1 aliphatic heterocycles. The first-order chi connectivity index (χ1) is 18.0. The lowest BCUT2D eigenvalue weighted by molar-refractivity contribution is -0.148. The average Bonchev–Trinajstić information content (AvgIpc) is 3.18. The number of H-pyrrole nitrogens is 1. The monoisotopic (exact) mass is 522 g/mol. The molecule has 2 amide bonds. The van der Waals surface area contributed by atoms with E-state index in [1.807, 2.05) is 0 Å². The van der Waals surface area contributed by atoms with Gasteiger partial charge < -0.3 is 15.2 Å². The molecule has 3 aromatic rings. The summed E-state index contributed by atoms with van der Waals surface area (Å²) >= 11 is 0. The van der Waals surface area contributed by atoms with E-state index in [0.29, 0.717) is 17.7 Å². The highest BCUT2D eigenvalue weighted by atomic mass is 19.3. The van der Waals surface area contributed by atoms with Gasteiger partial charge in [-0.1, -0.05) is 11.1 Å². The lowest BCUT2D eigenvalue weighted by atomic mass is 9.71. The van der Waals surface area contributed by atoms with Crippen molar-refractivity contribution in [2.45, 2.75) is 50.1 Å². The van der Waals surface area contributed by atoms with Crippen LogP contribution in [0.2, 0.25) is 0 Å². The third kappa shape index (κ3) is 3.60. The van der Waals surface area contributed by atoms with Crippen LogP contribution < -0.4 is 10.6 Å². The van der Waals surface area contributed by atoms with Gasteiger partial charge in [0.15, 0.2) is 0 Å². The van der Waals surface area contributed by atoms with Gasteiger partial charge in [0.1, 0.15) is 17.2 Å². The summed E-state index contributed by atoms with van der Waals surface area (Å²) in [4.78, 5) is 40.0. The van der Waals surface area contributed by atoms with Crippen molar-refractivity contribution in [3.8, 4) is 12.3 Å². The quantitative estimate of drug-likeness (QED) is 0.261. The van der Waals surface area contributed by atoms with Crippen LogP contribution in [0.4, 0.5) is 18.9 Å². The Morgan fingerprint density at radius 1 is 1.26 bits per heavy atom. The zero-order valence-electron chi connectivity index (χ0n) is 20.1. The lowest BCUT2D eigenvalue weighted by Crippen LogP contribution is -2.61. The maximum atomic E-state index is 13.9. The second kappa shape index (κ2) is 8.05. The van der Waals surface area contributed by atoms with Gasteiger partial charge in [0.2, 0.25) is 0 Å². The summed E-state index contributed by atoms with van der Waals surface area (Å²) in [5.74, 6) is -3.68. The Labute approximate surface area is 214 Å². The molecule has 9 nitrogen and oxygen atoms in total. The molecule has 0 bridgehead atoms. The zero-order chi connectivity index (χ0) is 27.0. The molecule has 194 valence electrons. The van der Waals surface area contributed by atoms with E-state index < -0.39 is 47.7 Å². The number of halogens is 3. The molecular weight excluding hydrogens is 501 g/mol. The van der Waals surface area contributed by atoms with Crippen LogP contribution >= 0.6 is 0 Å². The molecule has 2 saturated carbocycles. The van der Waals surface area contributed by atoms with Crippen molar-refractivity contribution in [1.29, 1.82) is 0 Å². The Kier molecular flexibility index (Phi) is 5.08. The molecular formula is C26H21F3N6O3. The van der Waals surface area contributed by atoms with Gasteiger partial charge in [-0.05, 0) is 49.4 Å². The minimum absolute atomic E-state index is 0.0164. The number of hydrogen-bond donors (Lipinski definition) is 3. The molecule has 6 rings (SSSR count). The number of fused-ring (bicyclic) bond motifs is 3. The molecule has 2 aromatic heterocycles. The van der Waals surface area contributed by atoms with Crippen molar-refractivity contribution >= 4 is 23.3 Å². The van der Waals surface area contributed by atoms with Crippen LogP contribution in [0.5, 0.6) is 0 Å². The van der Waals surface area contributed by atoms with Gasteiger partial charge in [0.05, 0.1) is 16.7 Å². The number of anilines is 1. The van der Waals surface area contributed by atoms with E-state index in [4.69, 9.17) is 6.42 Å². The Morgan fingerprint density at radius 2 is 2.03 bits per heavy atom. The van der Waals surface area contributed by atoms with Gasteiger partial charge in [0, 0.05) is 36.5 Å². The van der Waals surface area contributed by atoms with E-state index in [2.05, 4.69) is 32.0 Å². The molecule has 3 aliphatic rings. The number of alkyl halides is 2. The van der Waals surface area contributed by atoms with Gasteiger partial charge in [-0.25, -0.2) is 13.2 Å². The number of ketones is 1. The molecule has 0 spiro atoms. The van der Waals surface area contributed by atoms with E-state index in [9.17, 15) is 27.6 Å². The summed E-state index contributed by atoms with van der Waals surface area (Å²) in [6, 6.07) is 3.86. The van der Waals surface area contributed by atoms with Crippen molar-refractivity contribution in [1.82, 2.24) is 25.3 Å². The Hall–Kier alpha value is -4.40. The molecule has 2 fully saturated rings. The summed E-state index contributed by atoms with van der Waals surface area (Å²) in [5.41, 5.74) is 0.00508. The summed E-state index contributed by atoms with van der Waals surface area (Å²) in [7, 11) is 0. The highest BCUT2D eigenvalue weighted by Crippen LogP contribution is 2.55. The van der Waals surface area contributed by atoms with Gasteiger partial charge in [-0.15, -0.1) is 11.5 Å². The van der Waals surface area contributed by atoms with E-state index in [0.717, 1.165) is 12.5 Å². The van der Waals surface area contributed by atoms with E-state index in [1.54, 1.807) is 11.5 Å². The molecule has 0 saturated heterocycles. The molecule has 12 heteroatoms. The second-order valence-electron chi connectivity index (χ2n) is 10.2. The van der Waals surface area contributed by atoms with E-state index in [-0.39, 0.29) is 40.2 Å². The number of nitrogens with zero attached hydrogens (tertiary/aromatic N) is 3. The Bertz CT molecular complexity index is 1560. The topological polar surface area (TPSA) is 122 Å². The molecule has 38 heavy (non-hydrogen) atoms. The highest BCUT2D eigenvalue weighted by molar-refractivity contribution is 6.44. The van der Waals surface area contributed by atoms with Gasteiger partial charge >= 0.3 is 0 Å². The van der Waals surface area contributed by atoms with Crippen LogP contribution in [0.1, 0.15) is 68.7 Å². The average molecular weight is 522 g/mol. The largest absolute Gasteiger partial charge is 0.337 e. The van der Waals surface area contributed by atoms with Crippen LogP contribution in [0, 0.1) is 31.0 Å². The van der Waals surface area contributed by atoms with Gasteiger partial charge in [0.25, 0.3) is 23.5 Å². The number of carbonyl (C=O) groups excluding carboxylic acids is 3. The summed E-state index contributed by atoms with van der Waals surface area (Å²) in [6.45, 7) is 1.57. The van der Waals surface area contributed by atoms with Gasteiger partial charge in [-0.2, -0.15) is 0 Å². The number of aromatic amines is 1. The molecule has 2 atom stereocenters. The highest BCUT2D eigenvalue weighted by Gasteiger charge is 2.60. The van der Waals surface area contributed by atoms with Crippen LogP contribution in [0.3, 0.4) is 0 Å². The summed E-state index contributed by atoms with van der Waals surface area (Å²) in [6.07, 6.45) is 6.54. The van der Waals surface area contributed by atoms with Crippen LogP contribution in [0.25, 0.3) is 0 Å². The fraction of sp³-hybridized carbons (Fsp3) is 0.346. The van der Waals surface area contributed by atoms with Crippen LogP contribution in [-0.2, 0) is 16.8 Å². The number of aromatic nitrogens is 4. The Balaban J connectivity index is 1.31. The van der Waals surface area contributed by atoms with E-state index in [1.165, 1.54) is 18.3 Å². The van der Waals surface area contributed by atoms with Crippen molar-refractivity contribution in [3.63, 3.8) is 0 Å². The third-order valence-corrected chi connectivity index (χ3v) is 7.63. The minimum Gasteiger partial charge on any atom is -0.337 e. The van der Waals surface area contributed by atoms with Crippen molar-refractivity contribution in [2.75, 3.05) is 5.32 Å². The molecule has 2 aliphatic carbocycles. The predicted octanol–water partition coefficient (Wildman–Crippen LogP) is 3.03. The van der Waals surface area contributed by atoms with E-state index >= 15 is 0 Å². The summed E-state index contributed by atoms with van der Waals surface area (Å²) in [5, 5.41) is 14.9. The fourth-order valence-corrected chi connectivity index (χ4v) is 5.83. The minimum atomic E-state index is -3.02. The number of terminal acetylenes is 1. The first-order valence-electron chi connectivity index (χ1n) is 12.0. The normalized spacial score (nSPS) is 21.4. The number of amides is 2. The summed E-state index contributed by atoms with van der Waals surface area (Å²) < 4.78 is 43.3. The lowest BCUT2D eigenvalue weighted by Gasteiger charge is -2.46. The predicted molar refractivity (Wildman–Crippen MR) is 127 cm³/mol. The zero-order valence-corrected chi connectivity index (χ0v) is 20.1. The number of hydrogen-bond acceptors (Lipinski definition) is 5. The maximum absolute atomic E-state index is 13.9. The number of nitrogens with one attached hydrogen (secondary N) is 3. The number of rotatable bonds is 6. The van der Waals surface area contributed by atoms with Crippen LogP contribution in [-0.4, -0.2) is 43.5 Å².